The first kappa shape index (κ1) is 31.9. The van der Waals surface area contributed by atoms with E-state index in [9.17, 15) is 0 Å². The molecule has 12 rings (SSSR count). The highest BCUT2D eigenvalue weighted by Gasteiger charge is 2.52. The zero-order chi connectivity index (χ0) is 37.8. The molecule has 10 aromatic rings. The number of para-hydroxylation sites is 1. The lowest BCUT2D eigenvalue weighted by Crippen LogP contribution is -2.25. The van der Waals surface area contributed by atoms with Gasteiger partial charge in [0.1, 0.15) is 5.82 Å². The quantitative estimate of drug-likeness (QED) is 0.196. The van der Waals surface area contributed by atoms with E-state index in [0.717, 1.165) is 39.0 Å². The maximum Gasteiger partial charge on any atom is 0.116 e. The van der Waals surface area contributed by atoms with Gasteiger partial charge in [-0.1, -0.05) is 140 Å². The van der Waals surface area contributed by atoms with Gasteiger partial charge in [-0.2, -0.15) is 0 Å². The van der Waals surface area contributed by atoms with E-state index < -0.39 is 5.41 Å². The standard InChI is InChI=1S/C53H36N4/c1-2-11-42-40-30-31-55-32-49(40)57(52(42)54)36-26-22-34(23-27-36)33-20-24-35(25-21-33)56-48-19-10-6-14-39(48)41-28-29-47-50(51(41)56)43-15-5-9-18-46(43)53(47)44-16-7-3-12-37(44)38-13-4-8-17-45(38)53/h2-32H,54H2,1H3/b11-2-. The molecule has 0 saturated carbocycles. The van der Waals surface area contributed by atoms with Crippen LogP contribution >= 0.6 is 0 Å². The van der Waals surface area contributed by atoms with Gasteiger partial charge in [0.25, 0.3) is 0 Å². The van der Waals surface area contributed by atoms with Crippen molar-refractivity contribution in [3.63, 3.8) is 0 Å². The third-order valence-corrected chi connectivity index (χ3v) is 12.6. The van der Waals surface area contributed by atoms with Crippen molar-refractivity contribution in [3.05, 3.63) is 210 Å². The first-order valence-corrected chi connectivity index (χ1v) is 19.6. The summed E-state index contributed by atoms with van der Waals surface area (Å²) < 4.78 is 4.59. The number of nitrogen functional groups attached to an aromatic ring is 1. The topological polar surface area (TPSA) is 48.8 Å². The van der Waals surface area contributed by atoms with Crippen LogP contribution in [0.4, 0.5) is 5.82 Å². The number of benzene rings is 7. The van der Waals surface area contributed by atoms with Crippen LogP contribution in [0.2, 0.25) is 0 Å². The van der Waals surface area contributed by atoms with Crippen LogP contribution in [0.3, 0.4) is 0 Å². The number of nitrogens with zero attached hydrogens (tertiary/aromatic N) is 3. The minimum atomic E-state index is -0.396. The second-order valence-corrected chi connectivity index (χ2v) is 15.2. The van der Waals surface area contributed by atoms with Crippen molar-refractivity contribution in [1.29, 1.82) is 0 Å². The smallest absolute Gasteiger partial charge is 0.116 e. The number of hydrogen-bond donors (Lipinski definition) is 1. The average molecular weight is 729 g/mol. The third-order valence-electron chi connectivity index (χ3n) is 12.6. The lowest BCUT2D eigenvalue weighted by Gasteiger charge is -2.30. The van der Waals surface area contributed by atoms with Gasteiger partial charge in [-0.25, -0.2) is 0 Å². The van der Waals surface area contributed by atoms with Gasteiger partial charge in [0.15, 0.2) is 0 Å². The molecule has 2 aliphatic carbocycles. The summed E-state index contributed by atoms with van der Waals surface area (Å²) in [7, 11) is 0. The molecule has 0 bridgehead atoms. The molecular formula is C53H36N4. The van der Waals surface area contributed by atoms with Crippen LogP contribution in [0.5, 0.6) is 0 Å². The van der Waals surface area contributed by atoms with E-state index in [0.29, 0.717) is 5.82 Å². The molecule has 4 nitrogen and oxygen atoms in total. The zero-order valence-corrected chi connectivity index (χ0v) is 31.3. The Kier molecular flexibility index (Phi) is 6.59. The fourth-order valence-corrected chi connectivity index (χ4v) is 10.3. The molecule has 0 unspecified atom stereocenters. The number of nitrogens with two attached hydrogens (primary N) is 1. The van der Waals surface area contributed by atoms with Crippen molar-refractivity contribution in [2.45, 2.75) is 12.3 Å². The van der Waals surface area contributed by atoms with Crippen molar-refractivity contribution in [2.24, 2.45) is 0 Å². The summed E-state index contributed by atoms with van der Waals surface area (Å²) in [4.78, 5) is 4.41. The van der Waals surface area contributed by atoms with Gasteiger partial charge in [-0.3, -0.25) is 9.55 Å². The van der Waals surface area contributed by atoms with Crippen molar-refractivity contribution in [1.82, 2.24) is 14.1 Å². The van der Waals surface area contributed by atoms with Crippen LogP contribution in [0.15, 0.2) is 182 Å². The molecule has 0 fully saturated rings. The molecule has 3 heterocycles. The molecule has 7 aromatic carbocycles. The fourth-order valence-electron chi connectivity index (χ4n) is 10.3. The molecule has 2 aliphatic rings. The van der Waals surface area contributed by atoms with Crippen LogP contribution in [0.25, 0.3) is 83.5 Å². The Balaban J connectivity index is 1.03. The summed E-state index contributed by atoms with van der Waals surface area (Å²) in [5, 5.41) is 3.61. The molecule has 0 aliphatic heterocycles. The van der Waals surface area contributed by atoms with E-state index in [1.54, 1.807) is 0 Å². The summed E-state index contributed by atoms with van der Waals surface area (Å²) in [6.45, 7) is 2.01. The summed E-state index contributed by atoms with van der Waals surface area (Å²) in [5.74, 6) is 0.709. The summed E-state index contributed by atoms with van der Waals surface area (Å²) in [6, 6.07) is 60.5. The second kappa shape index (κ2) is 11.8. The number of anilines is 1. The predicted octanol–water partition coefficient (Wildman–Crippen LogP) is 12.7. The van der Waals surface area contributed by atoms with E-state index in [-0.39, 0.29) is 0 Å². The Morgan fingerprint density at radius 3 is 1.75 bits per heavy atom. The van der Waals surface area contributed by atoms with Gasteiger partial charge in [0.05, 0.1) is 28.2 Å². The molecule has 0 atom stereocenters. The number of aromatic nitrogens is 3. The van der Waals surface area contributed by atoms with Gasteiger partial charge in [0, 0.05) is 44.9 Å². The van der Waals surface area contributed by atoms with Crippen molar-refractivity contribution in [3.8, 4) is 44.8 Å². The van der Waals surface area contributed by atoms with E-state index in [1.807, 2.05) is 31.5 Å². The average Bonchev–Trinajstić information content (AvgIpc) is 3.96. The van der Waals surface area contributed by atoms with Gasteiger partial charge in [0.2, 0.25) is 0 Å². The third kappa shape index (κ3) is 4.14. The monoisotopic (exact) mass is 728 g/mol. The molecule has 0 amide bonds. The second-order valence-electron chi connectivity index (χ2n) is 15.2. The van der Waals surface area contributed by atoms with Gasteiger partial charge < -0.3 is 10.3 Å². The van der Waals surface area contributed by atoms with E-state index in [4.69, 9.17) is 5.73 Å². The number of hydrogen-bond acceptors (Lipinski definition) is 2. The number of fused-ring (bicyclic) bond motifs is 15. The van der Waals surface area contributed by atoms with Crippen LogP contribution in [0.1, 0.15) is 34.7 Å². The maximum absolute atomic E-state index is 6.74. The molecular weight excluding hydrogens is 693 g/mol. The fraction of sp³-hybridized carbons (Fsp3) is 0.0377. The zero-order valence-electron chi connectivity index (χ0n) is 31.3. The Labute approximate surface area is 330 Å². The largest absolute Gasteiger partial charge is 0.384 e. The lowest BCUT2D eigenvalue weighted by atomic mass is 9.70. The predicted molar refractivity (Wildman–Crippen MR) is 236 cm³/mol. The van der Waals surface area contributed by atoms with Crippen LogP contribution in [-0.4, -0.2) is 14.1 Å². The van der Waals surface area contributed by atoms with Gasteiger partial charge in [-0.15, -0.1) is 0 Å². The summed E-state index contributed by atoms with van der Waals surface area (Å²) in [6.07, 6.45) is 7.80. The summed E-state index contributed by atoms with van der Waals surface area (Å²) in [5.41, 5.74) is 25.9. The van der Waals surface area contributed by atoms with Crippen molar-refractivity contribution >= 4 is 44.6 Å². The molecule has 3 aromatic heterocycles. The number of rotatable bonds is 4. The molecule has 268 valence electrons. The first-order valence-electron chi connectivity index (χ1n) is 19.6. The van der Waals surface area contributed by atoms with Crippen LogP contribution in [0, 0.1) is 0 Å². The highest BCUT2D eigenvalue weighted by atomic mass is 15.1. The van der Waals surface area contributed by atoms with Crippen molar-refractivity contribution in [2.75, 3.05) is 5.73 Å². The van der Waals surface area contributed by atoms with E-state index in [2.05, 4.69) is 178 Å². The molecule has 2 N–H and O–H groups in total. The Bertz CT molecular complexity index is 3260. The molecule has 0 radical (unpaired) electrons. The number of allylic oxidation sites excluding steroid dienone is 1. The molecule has 57 heavy (non-hydrogen) atoms. The Hall–Kier alpha value is -7.43. The van der Waals surface area contributed by atoms with Crippen LogP contribution in [-0.2, 0) is 5.41 Å². The molecule has 0 saturated heterocycles. The minimum Gasteiger partial charge on any atom is -0.384 e. The molecule has 1 spiro atoms. The van der Waals surface area contributed by atoms with E-state index in [1.165, 1.54) is 66.3 Å². The Morgan fingerprint density at radius 2 is 1.09 bits per heavy atom. The van der Waals surface area contributed by atoms with Crippen LogP contribution < -0.4 is 5.73 Å². The highest BCUT2D eigenvalue weighted by molar-refractivity contribution is 6.16. The lowest BCUT2D eigenvalue weighted by molar-refractivity contribution is 0.794. The normalized spacial score (nSPS) is 13.5. The van der Waals surface area contributed by atoms with Gasteiger partial charge in [-0.05, 0) is 93.4 Å². The Morgan fingerprint density at radius 1 is 0.509 bits per heavy atom. The van der Waals surface area contributed by atoms with Gasteiger partial charge >= 0.3 is 0 Å². The minimum absolute atomic E-state index is 0.396. The SMILES string of the molecule is C/C=C\c1c(N)n(-c2ccc(-c3ccc(-n4c5ccccc5c5ccc6c(c54)-c4ccccc4C64c5ccccc5-c5ccccc54)cc3)cc2)c2cnccc12. The van der Waals surface area contributed by atoms with E-state index >= 15 is 0 Å². The first-order chi connectivity index (χ1) is 28.2. The van der Waals surface area contributed by atoms with Crippen molar-refractivity contribution < 1.29 is 0 Å². The maximum atomic E-state index is 6.74. The summed E-state index contributed by atoms with van der Waals surface area (Å²) >= 11 is 0. The highest BCUT2D eigenvalue weighted by Crippen LogP contribution is 2.64. The molecule has 4 heteroatoms. The number of pyridine rings is 1.